The average molecular weight is 236 g/mol. The lowest BCUT2D eigenvalue weighted by Gasteiger charge is -2.26. The molecule has 0 saturated heterocycles. The van der Waals surface area contributed by atoms with Gasteiger partial charge in [0.25, 0.3) is 5.69 Å². The zero-order chi connectivity index (χ0) is 13.1. The predicted molar refractivity (Wildman–Crippen MR) is 68.8 cm³/mol. The Labute approximate surface area is 102 Å². The van der Waals surface area contributed by atoms with Gasteiger partial charge in [-0.25, -0.2) is 0 Å². The standard InChI is InChI=1S/C13H20N2O2/c1-13(2,3)12(14)9-6-10-4-7-11(8-5-10)15(16)17/h4-5,7-8,12H,6,9,14H2,1-3H3. The van der Waals surface area contributed by atoms with Crippen molar-refractivity contribution in [2.75, 3.05) is 0 Å². The fraction of sp³-hybridized carbons (Fsp3) is 0.538. The van der Waals surface area contributed by atoms with E-state index in [4.69, 9.17) is 5.73 Å². The molecule has 0 bridgehead atoms. The van der Waals surface area contributed by atoms with Crippen LogP contribution >= 0.6 is 0 Å². The van der Waals surface area contributed by atoms with Gasteiger partial charge in [0.2, 0.25) is 0 Å². The highest BCUT2D eigenvalue weighted by Gasteiger charge is 2.20. The summed E-state index contributed by atoms with van der Waals surface area (Å²) >= 11 is 0. The van der Waals surface area contributed by atoms with Gasteiger partial charge in [-0.1, -0.05) is 32.9 Å². The molecule has 1 aromatic carbocycles. The number of non-ortho nitro benzene ring substituents is 1. The van der Waals surface area contributed by atoms with Crippen molar-refractivity contribution >= 4 is 5.69 Å². The summed E-state index contributed by atoms with van der Waals surface area (Å²) in [6.07, 6.45) is 1.75. The van der Waals surface area contributed by atoms with Crippen molar-refractivity contribution in [3.63, 3.8) is 0 Å². The number of nitrogens with zero attached hydrogens (tertiary/aromatic N) is 1. The van der Waals surface area contributed by atoms with Gasteiger partial charge in [0.1, 0.15) is 0 Å². The van der Waals surface area contributed by atoms with Gasteiger partial charge in [-0.3, -0.25) is 10.1 Å². The molecule has 0 aliphatic rings. The summed E-state index contributed by atoms with van der Waals surface area (Å²) in [5.74, 6) is 0. The van der Waals surface area contributed by atoms with Gasteiger partial charge in [0, 0.05) is 18.2 Å². The Hall–Kier alpha value is -1.42. The quantitative estimate of drug-likeness (QED) is 0.645. The molecule has 0 fully saturated rings. The second-order valence-electron chi connectivity index (χ2n) is 5.43. The van der Waals surface area contributed by atoms with E-state index in [9.17, 15) is 10.1 Å². The van der Waals surface area contributed by atoms with Crippen molar-refractivity contribution in [1.82, 2.24) is 0 Å². The van der Waals surface area contributed by atoms with E-state index < -0.39 is 0 Å². The van der Waals surface area contributed by atoms with Crippen molar-refractivity contribution in [2.24, 2.45) is 11.1 Å². The van der Waals surface area contributed by atoms with Crippen LogP contribution in [0.15, 0.2) is 24.3 Å². The zero-order valence-corrected chi connectivity index (χ0v) is 10.6. The first-order valence-electron chi connectivity index (χ1n) is 5.79. The molecule has 4 heteroatoms. The first-order valence-corrected chi connectivity index (χ1v) is 5.79. The van der Waals surface area contributed by atoms with Crippen LogP contribution in [-0.4, -0.2) is 11.0 Å². The number of aryl methyl sites for hydroxylation is 1. The van der Waals surface area contributed by atoms with Gasteiger partial charge in [-0.15, -0.1) is 0 Å². The summed E-state index contributed by atoms with van der Waals surface area (Å²) in [7, 11) is 0. The Bertz CT molecular complexity index is 379. The van der Waals surface area contributed by atoms with E-state index in [0.717, 1.165) is 18.4 Å². The Morgan fingerprint density at radius 1 is 1.29 bits per heavy atom. The molecule has 1 aromatic rings. The molecule has 2 N–H and O–H groups in total. The summed E-state index contributed by atoms with van der Waals surface area (Å²) < 4.78 is 0. The number of nitrogens with two attached hydrogens (primary N) is 1. The summed E-state index contributed by atoms with van der Waals surface area (Å²) in [4.78, 5) is 10.1. The van der Waals surface area contributed by atoms with Gasteiger partial charge in [0.15, 0.2) is 0 Å². The van der Waals surface area contributed by atoms with Crippen molar-refractivity contribution in [1.29, 1.82) is 0 Å². The molecule has 1 rings (SSSR count). The van der Waals surface area contributed by atoms with Crippen LogP contribution in [-0.2, 0) is 6.42 Å². The Morgan fingerprint density at radius 3 is 2.24 bits per heavy atom. The molecule has 94 valence electrons. The first kappa shape index (κ1) is 13.6. The monoisotopic (exact) mass is 236 g/mol. The number of benzene rings is 1. The van der Waals surface area contributed by atoms with E-state index in [2.05, 4.69) is 20.8 Å². The minimum Gasteiger partial charge on any atom is -0.327 e. The largest absolute Gasteiger partial charge is 0.327 e. The second-order valence-corrected chi connectivity index (χ2v) is 5.43. The molecule has 0 aliphatic carbocycles. The Morgan fingerprint density at radius 2 is 1.82 bits per heavy atom. The van der Waals surface area contributed by atoms with E-state index in [1.54, 1.807) is 12.1 Å². The van der Waals surface area contributed by atoms with Gasteiger partial charge >= 0.3 is 0 Å². The first-order chi connectivity index (χ1) is 7.80. The van der Waals surface area contributed by atoms with Crippen molar-refractivity contribution < 1.29 is 4.92 Å². The molecule has 0 heterocycles. The summed E-state index contributed by atoms with van der Waals surface area (Å²) in [6, 6.07) is 6.81. The maximum absolute atomic E-state index is 10.5. The molecule has 0 radical (unpaired) electrons. The number of hydrogen-bond acceptors (Lipinski definition) is 3. The summed E-state index contributed by atoms with van der Waals surface area (Å²) in [5, 5.41) is 10.5. The Balaban J connectivity index is 2.56. The van der Waals surface area contributed by atoms with Gasteiger partial charge in [-0.2, -0.15) is 0 Å². The smallest absolute Gasteiger partial charge is 0.269 e. The van der Waals surface area contributed by atoms with Gasteiger partial charge < -0.3 is 5.73 Å². The van der Waals surface area contributed by atoms with E-state index in [1.807, 2.05) is 0 Å². The Kier molecular flexibility index (Phi) is 4.23. The number of hydrogen-bond donors (Lipinski definition) is 1. The van der Waals surface area contributed by atoms with Crippen LogP contribution in [0, 0.1) is 15.5 Å². The van der Waals surface area contributed by atoms with Crippen LogP contribution in [0.1, 0.15) is 32.8 Å². The maximum Gasteiger partial charge on any atom is 0.269 e. The minimum absolute atomic E-state index is 0.0980. The van der Waals surface area contributed by atoms with Crippen LogP contribution in [0.5, 0.6) is 0 Å². The van der Waals surface area contributed by atoms with Crippen molar-refractivity contribution in [2.45, 2.75) is 39.7 Å². The van der Waals surface area contributed by atoms with E-state index in [1.165, 1.54) is 12.1 Å². The SMILES string of the molecule is CC(C)(C)C(N)CCc1ccc([N+](=O)[O-])cc1. The highest BCUT2D eigenvalue weighted by Crippen LogP contribution is 2.21. The van der Waals surface area contributed by atoms with Crippen molar-refractivity contribution in [3.05, 3.63) is 39.9 Å². The summed E-state index contributed by atoms with van der Waals surface area (Å²) in [6.45, 7) is 6.36. The second kappa shape index (κ2) is 5.27. The molecule has 0 aliphatic heterocycles. The molecule has 17 heavy (non-hydrogen) atoms. The molecule has 0 amide bonds. The zero-order valence-electron chi connectivity index (χ0n) is 10.6. The van der Waals surface area contributed by atoms with E-state index in [-0.39, 0.29) is 22.1 Å². The lowest BCUT2D eigenvalue weighted by Crippen LogP contribution is -2.35. The maximum atomic E-state index is 10.5. The highest BCUT2D eigenvalue weighted by atomic mass is 16.6. The molecular formula is C13H20N2O2. The molecule has 0 aromatic heterocycles. The predicted octanol–water partition coefficient (Wildman–Crippen LogP) is 2.90. The molecule has 1 unspecified atom stereocenters. The summed E-state index contributed by atoms with van der Waals surface area (Å²) in [5.41, 5.74) is 7.39. The minimum atomic E-state index is -0.384. The fourth-order valence-electron chi connectivity index (χ4n) is 1.54. The van der Waals surface area contributed by atoms with Crippen LogP contribution in [0.3, 0.4) is 0 Å². The number of nitro benzene ring substituents is 1. The highest BCUT2D eigenvalue weighted by molar-refractivity contribution is 5.32. The van der Waals surface area contributed by atoms with Crippen LogP contribution in [0.25, 0.3) is 0 Å². The molecule has 4 nitrogen and oxygen atoms in total. The fourth-order valence-corrected chi connectivity index (χ4v) is 1.54. The molecule has 0 saturated carbocycles. The third kappa shape index (κ3) is 4.15. The third-order valence-electron chi connectivity index (χ3n) is 3.00. The molecular weight excluding hydrogens is 216 g/mol. The van der Waals surface area contributed by atoms with Gasteiger partial charge in [0.05, 0.1) is 4.92 Å². The lowest BCUT2D eigenvalue weighted by atomic mass is 9.84. The van der Waals surface area contributed by atoms with Crippen molar-refractivity contribution in [3.8, 4) is 0 Å². The van der Waals surface area contributed by atoms with Crippen LogP contribution < -0.4 is 5.73 Å². The lowest BCUT2D eigenvalue weighted by molar-refractivity contribution is -0.384. The van der Waals surface area contributed by atoms with Crippen LogP contribution in [0.2, 0.25) is 0 Å². The van der Waals surface area contributed by atoms with Crippen LogP contribution in [0.4, 0.5) is 5.69 Å². The van der Waals surface area contributed by atoms with Gasteiger partial charge in [-0.05, 0) is 23.8 Å². The van der Waals surface area contributed by atoms with E-state index >= 15 is 0 Å². The molecule has 1 atom stereocenters. The normalized spacial score (nSPS) is 13.4. The third-order valence-corrected chi connectivity index (χ3v) is 3.00. The number of rotatable bonds is 4. The number of nitro groups is 1. The average Bonchev–Trinajstić information content (AvgIpc) is 2.25. The van der Waals surface area contributed by atoms with E-state index in [0.29, 0.717) is 0 Å². The molecule has 0 spiro atoms. The topological polar surface area (TPSA) is 69.2 Å².